The molecule has 0 heterocycles. The maximum Gasteiger partial charge on any atom is 0.185 e. The van der Waals surface area contributed by atoms with Crippen molar-refractivity contribution >= 4 is 29.0 Å². The molecule has 0 aliphatic rings. The van der Waals surface area contributed by atoms with E-state index < -0.39 is 0 Å². The van der Waals surface area contributed by atoms with Gasteiger partial charge < -0.3 is 11.1 Å². The summed E-state index contributed by atoms with van der Waals surface area (Å²) in [5, 5.41) is 12.0. The molecule has 0 unspecified atom stereocenters. The summed E-state index contributed by atoms with van der Waals surface area (Å²) in [5.41, 5.74) is 6.95. The Balaban J connectivity index is 2.63. The van der Waals surface area contributed by atoms with Crippen LogP contribution in [0.1, 0.15) is 5.56 Å². The van der Waals surface area contributed by atoms with E-state index >= 15 is 0 Å². The monoisotopic (exact) mass is 206 g/mol. The molecule has 0 saturated heterocycles. The lowest BCUT2D eigenvalue weighted by Crippen LogP contribution is -2.29. The molecule has 1 rings (SSSR count). The first-order valence-corrected chi connectivity index (χ1v) is 4.38. The van der Waals surface area contributed by atoms with Gasteiger partial charge in [-0.3, -0.25) is 5.41 Å². The Morgan fingerprint density at radius 2 is 2.14 bits per heavy atom. The Morgan fingerprint density at radius 1 is 1.50 bits per heavy atom. The Kier molecular flexibility index (Phi) is 3.79. The van der Waals surface area contributed by atoms with E-state index in [-0.39, 0.29) is 5.96 Å². The van der Waals surface area contributed by atoms with Gasteiger partial charge in [0, 0.05) is 6.54 Å². The average Bonchev–Trinajstić information content (AvgIpc) is 2.17. The molecule has 0 aromatic heterocycles. The Hall–Kier alpha value is -1.71. The van der Waals surface area contributed by atoms with Crippen LogP contribution >= 0.6 is 12.2 Å². The number of benzene rings is 1. The van der Waals surface area contributed by atoms with E-state index in [1.807, 2.05) is 24.3 Å². The van der Waals surface area contributed by atoms with E-state index in [0.717, 1.165) is 11.3 Å². The van der Waals surface area contributed by atoms with Crippen LogP contribution in [0.25, 0.3) is 0 Å². The van der Waals surface area contributed by atoms with Crippen molar-refractivity contribution in [1.82, 2.24) is 5.32 Å². The molecule has 4 N–H and O–H groups in total. The van der Waals surface area contributed by atoms with Crippen molar-refractivity contribution in [2.24, 2.45) is 10.7 Å². The van der Waals surface area contributed by atoms with E-state index in [9.17, 15) is 0 Å². The summed E-state index contributed by atoms with van der Waals surface area (Å²) in [6.07, 6.45) is 0. The topological polar surface area (TPSA) is 74.3 Å². The van der Waals surface area contributed by atoms with Crippen LogP contribution in [0.4, 0.5) is 5.69 Å². The number of hydrogen-bond donors (Lipinski definition) is 3. The lowest BCUT2D eigenvalue weighted by Gasteiger charge is -2.03. The zero-order valence-electron chi connectivity index (χ0n) is 7.45. The minimum atomic E-state index is -0.0361. The highest BCUT2D eigenvalue weighted by Crippen LogP contribution is 2.11. The summed E-state index contributed by atoms with van der Waals surface area (Å²) in [4.78, 5) is 3.82. The molecule has 0 aliphatic carbocycles. The molecular weight excluding hydrogens is 196 g/mol. The molecule has 1 aromatic rings. The van der Waals surface area contributed by atoms with Gasteiger partial charge in [0.05, 0.1) is 10.8 Å². The van der Waals surface area contributed by atoms with Crippen molar-refractivity contribution in [3.8, 4) is 0 Å². The first-order valence-electron chi connectivity index (χ1n) is 3.97. The van der Waals surface area contributed by atoms with Gasteiger partial charge in [-0.1, -0.05) is 12.1 Å². The normalized spacial score (nSPS) is 8.86. The fourth-order valence-corrected chi connectivity index (χ4v) is 1.04. The standard InChI is InChI=1S/C9H10N4S/c10-9(11)12-5-7-1-3-8(4-2-7)13-6-14/h1-4H,5H2,(H4,10,11,12). The molecule has 0 atom stereocenters. The van der Waals surface area contributed by atoms with Gasteiger partial charge in [-0.2, -0.15) is 4.99 Å². The van der Waals surface area contributed by atoms with Gasteiger partial charge in [0.25, 0.3) is 0 Å². The highest BCUT2D eigenvalue weighted by molar-refractivity contribution is 7.78. The first-order chi connectivity index (χ1) is 6.72. The second kappa shape index (κ2) is 5.11. The summed E-state index contributed by atoms with van der Waals surface area (Å²) < 4.78 is 0. The number of guanidine groups is 1. The Morgan fingerprint density at radius 3 is 2.64 bits per heavy atom. The number of nitrogens with zero attached hydrogens (tertiary/aromatic N) is 1. The molecule has 0 radical (unpaired) electrons. The van der Waals surface area contributed by atoms with Crippen LogP contribution < -0.4 is 11.1 Å². The fraction of sp³-hybridized carbons (Fsp3) is 0.111. The van der Waals surface area contributed by atoms with Gasteiger partial charge in [-0.15, -0.1) is 0 Å². The van der Waals surface area contributed by atoms with Crippen LogP contribution in [-0.4, -0.2) is 11.1 Å². The third-order valence-electron chi connectivity index (χ3n) is 1.59. The van der Waals surface area contributed by atoms with Crippen molar-refractivity contribution in [3.05, 3.63) is 29.8 Å². The van der Waals surface area contributed by atoms with Gasteiger partial charge in [0.15, 0.2) is 5.96 Å². The molecule has 0 aliphatic heterocycles. The van der Waals surface area contributed by atoms with E-state index in [1.165, 1.54) is 0 Å². The summed E-state index contributed by atoms with van der Waals surface area (Å²) in [6.45, 7) is 0.539. The van der Waals surface area contributed by atoms with Gasteiger partial charge in [0.1, 0.15) is 0 Å². The highest BCUT2D eigenvalue weighted by Gasteiger charge is 1.93. The van der Waals surface area contributed by atoms with Gasteiger partial charge in [0.2, 0.25) is 0 Å². The van der Waals surface area contributed by atoms with Gasteiger partial charge in [-0.25, -0.2) is 0 Å². The highest BCUT2D eigenvalue weighted by atomic mass is 32.1. The predicted molar refractivity (Wildman–Crippen MR) is 59.9 cm³/mol. The molecule has 0 bridgehead atoms. The maximum absolute atomic E-state index is 6.98. The fourth-order valence-electron chi connectivity index (χ4n) is 0.938. The molecule has 1 aromatic carbocycles. The molecule has 4 nitrogen and oxygen atoms in total. The van der Waals surface area contributed by atoms with Crippen LogP contribution in [-0.2, 0) is 6.54 Å². The Labute approximate surface area is 87.4 Å². The number of aliphatic imine (C=N–C) groups is 1. The number of thiocarbonyl (C=S) groups is 1. The molecule has 0 fully saturated rings. The lowest BCUT2D eigenvalue weighted by molar-refractivity contribution is 0.897. The van der Waals surface area contributed by atoms with Crippen LogP contribution in [0.3, 0.4) is 0 Å². The summed E-state index contributed by atoms with van der Waals surface area (Å²) >= 11 is 4.48. The summed E-state index contributed by atoms with van der Waals surface area (Å²) in [6, 6.07) is 7.44. The van der Waals surface area contributed by atoms with Crippen molar-refractivity contribution in [3.63, 3.8) is 0 Å². The van der Waals surface area contributed by atoms with Crippen molar-refractivity contribution in [2.75, 3.05) is 0 Å². The SMILES string of the molecule is N=C(N)NCc1ccc(N=C=S)cc1. The van der Waals surface area contributed by atoms with Gasteiger partial charge in [-0.05, 0) is 29.9 Å². The second-order valence-electron chi connectivity index (χ2n) is 2.64. The number of isothiocyanates is 1. The third kappa shape index (κ3) is 3.35. The van der Waals surface area contributed by atoms with Crippen LogP contribution in [0, 0.1) is 5.41 Å². The smallest absolute Gasteiger partial charge is 0.185 e. The van der Waals surface area contributed by atoms with Crippen molar-refractivity contribution in [1.29, 1.82) is 5.41 Å². The van der Waals surface area contributed by atoms with Crippen LogP contribution in [0.15, 0.2) is 29.3 Å². The second-order valence-corrected chi connectivity index (χ2v) is 2.82. The molecule has 0 amide bonds. The van der Waals surface area contributed by atoms with E-state index in [0.29, 0.717) is 6.54 Å². The number of rotatable bonds is 3. The minimum Gasteiger partial charge on any atom is -0.370 e. The average molecular weight is 206 g/mol. The molecule has 5 heteroatoms. The molecule has 0 saturated carbocycles. The summed E-state index contributed by atoms with van der Waals surface area (Å²) in [5.74, 6) is -0.0361. The van der Waals surface area contributed by atoms with Crippen molar-refractivity contribution in [2.45, 2.75) is 6.54 Å². The van der Waals surface area contributed by atoms with Gasteiger partial charge >= 0.3 is 0 Å². The molecular formula is C9H10N4S. The Bertz CT molecular complexity index is 365. The molecule has 14 heavy (non-hydrogen) atoms. The number of nitrogens with one attached hydrogen (secondary N) is 2. The quantitative estimate of drug-likeness (QED) is 0.397. The number of nitrogens with two attached hydrogens (primary N) is 1. The van der Waals surface area contributed by atoms with Crippen LogP contribution in [0.2, 0.25) is 0 Å². The molecule has 0 spiro atoms. The summed E-state index contributed by atoms with van der Waals surface area (Å²) in [7, 11) is 0. The first kappa shape index (κ1) is 10.4. The number of hydrogen-bond acceptors (Lipinski definition) is 3. The molecule has 72 valence electrons. The zero-order valence-corrected chi connectivity index (χ0v) is 8.27. The van der Waals surface area contributed by atoms with Crippen molar-refractivity contribution < 1.29 is 0 Å². The van der Waals surface area contributed by atoms with E-state index in [4.69, 9.17) is 11.1 Å². The zero-order chi connectivity index (χ0) is 10.4. The third-order valence-corrected chi connectivity index (χ3v) is 1.69. The van der Waals surface area contributed by atoms with E-state index in [2.05, 4.69) is 27.7 Å². The lowest BCUT2D eigenvalue weighted by atomic mass is 10.2. The van der Waals surface area contributed by atoms with E-state index in [1.54, 1.807) is 0 Å². The maximum atomic E-state index is 6.98. The predicted octanol–water partition coefficient (Wildman–Crippen LogP) is 1.40. The van der Waals surface area contributed by atoms with Crippen LogP contribution in [0.5, 0.6) is 0 Å². The largest absolute Gasteiger partial charge is 0.370 e. The minimum absolute atomic E-state index is 0.0361.